The highest BCUT2D eigenvalue weighted by molar-refractivity contribution is 5.87. The van der Waals surface area contributed by atoms with Crippen LogP contribution in [0.5, 0.6) is 5.75 Å². The molecule has 0 unspecified atom stereocenters. The van der Waals surface area contributed by atoms with E-state index in [1.54, 1.807) is 11.8 Å². The number of ether oxygens (including phenoxy) is 1. The number of benzene rings is 2. The molecule has 0 aliphatic heterocycles. The monoisotopic (exact) mass is 396 g/mol. The highest BCUT2D eigenvalue weighted by atomic mass is 16.5. The van der Waals surface area contributed by atoms with Crippen molar-refractivity contribution in [2.24, 2.45) is 0 Å². The Balaban J connectivity index is 1.93. The summed E-state index contributed by atoms with van der Waals surface area (Å²) in [4.78, 5) is 27.0. The Morgan fingerprint density at radius 3 is 2.41 bits per heavy atom. The number of nitrogens with zero attached hydrogens (tertiary/aromatic N) is 1. The second-order valence-corrected chi connectivity index (χ2v) is 7.24. The normalized spacial score (nSPS) is 11.6. The lowest BCUT2D eigenvalue weighted by atomic mass is 10.1. The second kappa shape index (κ2) is 11.9. The molecule has 0 saturated heterocycles. The van der Waals surface area contributed by atoms with E-state index in [0.717, 1.165) is 17.7 Å². The predicted octanol–water partition coefficient (Wildman–Crippen LogP) is 4.10. The van der Waals surface area contributed by atoms with Gasteiger partial charge in [0.2, 0.25) is 11.8 Å². The van der Waals surface area contributed by atoms with E-state index >= 15 is 0 Å². The van der Waals surface area contributed by atoms with E-state index in [9.17, 15) is 9.59 Å². The zero-order valence-corrected chi connectivity index (χ0v) is 17.7. The first kappa shape index (κ1) is 22.5. The van der Waals surface area contributed by atoms with Crippen molar-refractivity contribution >= 4 is 11.8 Å². The van der Waals surface area contributed by atoms with Gasteiger partial charge in [-0.15, -0.1) is 0 Å². The van der Waals surface area contributed by atoms with Crippen molar-refractivity contribution in [2.75, 3.05) is 13.2 Å². The fourth-order valence-electron chi connectivity index (χ4n) is 2.95. The Kier molecular flexibility index (Phi) is 9.22. The molecule has 5 heteroatoms. The molecule has 0 fully saturated rings. The summed E-state index contributed by atoms with van der Waals surface area (Å²) in [6, 6.07) is 17.1. The second-order valence-electron chi connectivity index (χ2n) is 7.24. The van der Waals surface area contributed by atoms with Crippen LogP contribution in [0.25, 0.3) is 0 Å². The molecule has 2 rings (SSSR count). The van der Waals surface area contributed by atoms with Gasteiger partial charge in [0.25, 0.3) is 0 Å². The zero-order valence-electron chi connectivity index (χ0n) is 17.7. The Morgan fingerprint density at radius 2 is 1.76 bits per heavy atom. The van der Waals surface area contributed by atoms with Crippen molar-refractivity contribution in [3.63, 3.8) is 0 Å². The molecule has 0 bridgehead atoms. The van der Waals surface area contributed by atoms with Gasteiger partial charge < -0.3 is 15.0 Å². The van der Waals surface area contributed by atoms with Crippen LogP contribution in [0.1, 0.15) is 44.2 Å². The average molecular weight is 397 g/mol. The molecule has 156 valence electrons. The predicted molar refractivity (Wildman–Crippen MR) is 116 cm³/mol. The van der Waals surface area contributed by atoms with Gasteiger partial charge in [-0.05, 0) is 44.4 Å². The molecule has 29 heavy (non-hydrogen) atoms. The van der Waals surface area contributed by atoms with Crippen LogP contribution in [0.4, 0.5) is 0 Å². The molecular formula is C24H32N2O3. The van der Waals surface area contributed by atoms with Crippen LogP contribution in [0, 0.1) is 6.92 Å². The summed E-state index contributed by atoms with van der Waals surface area (Å²) in [6.45, 7) is 7.31. The summed E-state index contributed by atoms with van der Waals surface area (Å²) in [5.41, 5.74) is 2.19. The molecule has 0 saturated carbocycles. The number of rotatable bonds is 11. The maximum Gasteiger partial charge on any atom is 0.242 e. The lowest BCUT2D eigenvalue weighted by molar-refractivity contribution is -0.140. The summed E-state index contributed by atoms with van der Waals surface area (Å²) < 4.78 is 5.72. The molecule has 0 aromatic heterocycles. The summed E-state index contributed by atoms with van der Waals surface area (Å²) >= 11 is 0. The number of nitrogens with one attached hydrogen (secondary N) is 1. The van der Waals surface area contributed by atoms with E-state index in [1.165, 1.54) is 5.56 Å². The van der Waals surface area contributed by atoms with Crippen LogP contribution >= 0.6 is 0 Å². The molecule has 1 N–H and O–H groups in total. The zero-order chi connectivity index (χ0) is 21.1. The van der Waals surface area contributed by atoms with Crippen molar-refractivity contribution in [2.45, 2.75) is 52.6 Å². The van der Waals surface area contributed by atoms with Crippen LogP contribution in [-0.4, -0.2) is 35.9 Å². The van der Waals surface area contributed by atoms with Crippen molar-refractivity contribution in [3.05, 3.63) is 65.7 Å². The molecule has 2 aromatic carbocycles. The maximum atomic E-state index is 12.9. The van der Waals surface area contributed by atoms with Crippen LogP contribution in [0.15, 0.2) is 54.6 Å². The van der Waals surface area contributed by atoms with Crippen molar-refractivity contribution in [3.8, 4) is 5.75 Å². The molecule has 2 aromatic rings. The van der Waals surface area contributed by atoms with E-state index in [2.05, 4.69) is 5.32 Å². The summed E-state index contributed by atoms with van der Waals surface area (Å²) in [6.07, 6.45) is 1.80. The Bertz CT molecular complexity index is 759. The van der Waals surface area contributed by atoms with E-state index in [4.69, 9.17) is 4.74 Å². The van der Waals surface area contributed by atoms with Crippen LogP contribution in [-0.2, 0) is 16.1 Å². The molecule has 1 atom stereocenters. The van der Waals surface area contributed by atoms with Crippen LogP contribution in [0.2, 0.25) is 0 Å². The molecule has 0 aliphatic carbocycles. The van der Waals surface area contributed by atoms with E-state index in [1.807, 2.05) is 68.4 Å². The third-order valence-electron chi connectivity index (χ3n) is 4.74. The van der Waals surface area contributed by atoms with Gasteiger partial charge in [-0.2, -0.15) is 0 Å². The Labute approximate surface area is 174 Å². The first-order valence-electron chi connectivity index (χ1n) is 10.3. The van der Waals surface area contributed by atoms with Gasteiger partial charge >= 0.3 is 0 Å². The molecule has 0 radical (unpaired) electrons. The third kappa shape index (κ3) is 7.60. The fourth-order valence-corrected chi connectivity index (χ4v) is 2.95. The summed E-state index contributed by atoms with van der Waals surface area (Å²) in [7, 11) is 0. The standard InChI is InChI=1S/C24H32N2O3/c1-4-16-25-24(28)20(3)26(18-21-9-6-5-7-10-21)23(27)11-8-17-29-22-14-12-19(2)13-15-22/h5-7,9-10,12-15,20H,4,8,11,16-18H2,1-3H3,(H,25,28)/t20-/m1/s1. The number of hydrogen-bond acceptors (Lipinski definition) is 3. The minimum Gasteiger partial charge on any atom is -0.494 e. The van der Waals surface area contributed by atoms with Gasteiger partial charge in [0.1, 0.15) is 11.8 Å². The van der Waals surface area contributed by atoms with Gasteiger partial charge in [0.15, 0.2) is 0 Å². The van der Waals surface area contributed by atoms with E-state index in [0.29, 0.717) is 32.5 Å². The smallest absolute Gasteiger partial charge is 0.242 e. The van der Waals surface area contributed by atoms with E-state index in [-0.39, 0.29) is 11.8 Å². The number of carbonyl (C=O) groups is 2. The lowest BCUT2D eigenvalue weighted by Crippen LogP contribution is -2.47. The highest BCUT2D eigenvalue weighted by Crippen LogP contribution is 2.14. The first-order chi connectivity index (χ1) is 14.0. The molecule has 0 aliphatic rings. The van der Waals surface area contributed by atoms with Crippen LogP contribution in [0.3, 0.4) is 0 Å². The quantitative estimate of drug-likeness (QED) is 0.582. The first-order valence-corrected chi connectivity index (χ1v) is 10.3. The Morgan fingerprint density at radius 1 is 1.07 bits per heavy atom. The molecular weight excluding hydrogens is 364 g/mol. The van der Waals surface area contributed by atoms with Gasteiger partial charge in [-0.25, -0.2) is 0 Å². The van der Waals surface area contributed by atoms with Gasteiger partial charge in [-0.1, -0.05) is 55.0 Å². The van der Waals surface area contributed by atoms with Crippen molar-refractivity contribution in [1.29, 1.82) is 0 Å². The minimum atomic E-state index is -0.521. The summed E-state index contributed by atoms with van der Waals surface area (Å²) in [5, 5.41) is 2.89. The van der Waals surface area contributed by atoms with Crippen LogP contribution < -0.4 is 10.1 Å². The Hall–Kier alpha value is -2.82. The fraction of sp³-hybridized carbons (Fsp3) is 0.417. The highest BCUT2D eigenvalue weighted by Gasteiger charge is 2.25. The lowest BCUT2D eigenvalue weighted by Gasteiger charge is -2.29. The molecule has 2 amide bonds. The van der Waals surface area contributed by atoms with Gasteiger partial charge in [0.05, 0.1) is 6.61 Å². The molecule has 5 nitrogen and oxygen atoms in total. The SMILES string of the molecule is CCCNC(=O)[C@@H](C)N(Cc1ccccc1)C(=O)CCCOc1ccc(C)cc1. The largest absolute Gasteiger partial charge is 0.494 e. The molecule has 0 heterocycles. The van der Waals surface area contributed by atoms with Gasteiger partial charge in [-0.3, -0.25) is 9.59 Å². The number of carbonyl (C=O) groups excluding carboxylic acids is 2. The van der Waals surface area contributed by atoms with Crippen molar-refractivity contribution in [1.82, 2.24) is 10.2 Å². The number of hydrogen-bond donors (Lipinski definition) is 1. The maximum absolute atomic E-state index is 12.9. The summed E-state index contributed by atoms with van der Waals surface area (Å²) in [5.74, 6) is 0.643. The topological polar surface area (TPSA) is 58.6 Å². The van der Waals surface area contributed by atoms with E-state index < -0.39 is 6.04 Å². The minimum absolute atomic E-state index is 0.0412. The number of amides is 2. The average Bonchev–Trinajstić information content (AvgIpc) is 2.74. The van der Waals surface area contributed by atoms with Gasteiger partial charge in [0, 0.05) is 19.5 Å². The third-order valence-corrected chi connectivity index (χ3v) is 4.74. The molecule has 0 spiro atoms. The number of aryl methyl sites for hydroxylation is 1. The van der Waals surface area contributed by atoms with Crippen molar-refractivity contribution < 1.29 is 14.3 Å².